The van der Waals surface area contributed by atoms with Crippen LogP contribution >= 0.6 is 39.1 Å². The topological polar surface area (TPSA) is 105 Å². The zero-order chi connectivity index (χ0) is 24.0. The molecule has 7 nitrogen and oxygen atoms in total. The molecule has 3 rings (SSSR count). The number of hydrogen-bond donors (Lipinski definition) is 1. The van der Waals surface area contributed by atoms with Crippen LogP contribution in [0.25, 0.3) is 6.08 Å². The molecule has 0 saturated heterocycles. The molecular weight excluding hydrogens is 533 g/mol. The van der Waals surface area contributed by atoms with Gasteiger partial charge in [-0.2, -0.15) is 5.26 Å². The van der Waals surface area contributed by atoms with Gasteiger partial charge < -0.3 is 10.1 Å². The number of amides is 1. The Balaban J connectivity index is 1.77. The second-order valence-corrected chi connectivity index (χ2v) is 8.39. The first-order valence-corrected chi connectivity index (χ1v) is 10.9. The van der Waals surface area contributed by atoms with Crippen molar-refractivity contribution in [1.29, 1.82) is 5.26 Å². The van der Waals surface area contributed by atoms with E-state index in [2.05, 4.69) is 21.2 Å². The maximum absolute atomic E-state index is 12.5. The summed E-state index contributed by atoms with van der Waals surface area (Å²) in [5.41, 5.74) is 1.08. The Hall–Kier alpha value is -3.38. The number of non-ortho nitro benzene ring substituents is 1. The molecule has 33 heavy (non-hydrogen) atoms. The van der Waals surface area contributed by atoms with Crippen LogP contribution in [-0.4, -0.2) is 10.8 Å². The summed E-state index contributed by atoms with van der Waals surface area (Å²) in [7, 11) is 0. The molecule has 0 atom stereocenters. The van der Waals surface area contributed by atoms with Crippen LogP contribution in [-0.2, 0) is 11.4 Å². The Morgan fingerprint density at radius 1 is 1.15 bits per heavy atom. The van der Waals surface area contributed by atoms with Crippen molar-refractivity contribution in [3.05, 3.63) is 102 Å². The number of hydrogen-bond acceptors (Lipinski definition) is 5. The van der Waals surface area contributed by atoms with Crippen LogP contribution in [0.15, 0.2) is 70.7 Å². The van der Waals surface area contributed by atoms with Gasteiger partial charge in [0, 0.05) is 22.3 Å². The van der Waals surface area contributed by atoms with Gasteiger partial charge in [0.15, 0.2) is 5.75 Å². The number of nitrogens with zero attached hydrogens (tertiary/aromatic N) is 2. The molecule has 166 valence electrons. The summed E-state index contributed by atoms with van der Waals surface area (Å²) in [6, 6.07) is 17.8. The first-order chi connectivity index (χ1) is 15.8. The van der Waals surface area contributed by atoms with Crippen molar-refractivity contribution in [2.45, 2.75) is 6.61 Å². The molecule has 1 amide bonds. The van der Waals surface area contributed by atoms with Crippen molar-refractivity contribution in [3.63, 3.8) is 0 Å². The predicted octanol–water partition coefficient (Wildman–Crippen LogP) is 6.79. The average Bonchev–Trinajstić information content (AvgIpc) is 2.78. The third-order valence-corrected chi connectivity index (χ3v) is 5.40. The van der Waals surface area contributed by atoms with E-state index in [9.17, 15) is 20.2 Å². The van der Waals surface area contributed by atoms with Crippen molar-refractivity contribution in [1.82, 2.24) is 0 Å². The molecule has 0 aliphatic rings. The Morgan fingerprint density at radius 2 is 1.82 bits per heavy atom. The largest absolute Gasteiger partial charge is 0.486 e. The van der Waals surface area contributed by atoms with Crippen molar-refractivity contribution >= 4 is 62.5 Å². The first-order valence-electron chi connectivity index (χ1n) is 9.30. The summed E-state index contributed by atoms with van der Waals surface area (Å²) in [5, 5.41) is 23.2. The monoisotopic (exact) mass is 545 g/mol. The van der Waals surface area contributed by atoms with Gasteiger partial charge in [-0.25, -0.2) is 0 Å². The van der Waals surface area contributed by atoms with Crippen LogP contribution in [0, 0.1) is 21.4 Å². The van der Waals surface area contributed by atoms with E-state index in [1.54, 1.807) is 6.07 Å². The SMILES string of the molecule is N#C/C(=C\c1cc(Cl)c(OCc2ccc(Br)cc2)c(Cl)c1)C(=O)Nc1cccc([N+](=O)[O-])c1. The fourth-order valence-corrected chi connectivity index (χ4v) is 3.63. The third kappa shape index (κ3) is 6.56. The molecule has 0 aromatic heterocycles. The number of nitriles is 1. The second kappa shape index (κ2) is 11.0. The predicted molar refractivity (Wildman–Crippen MR) is 130 cm³/mol. The highest BCUT2D eigenvalue weighted by Gasteiger charge is 2.14. The van der Waals surface area contributed by atoms with Gasteiger partial charge in [0.25, 0.3) is 11.6 Å². The van der Waals surface area contributed by atoms with Gasteiger partial charge >= 0.3 is 0 Å². The molecule has 1 N–H and O–H groups in total. The molecular formula is C23H14BrCl2N3O4. The normalized spacial score (nSPS) is 10.9. The standard InChI is InChI=1S/C23H14BrCl2N3O4/c24-17-6-4-14(5-7-17)13-33-22-20(25)9-15(10-21(22)26)8-16(12-27)23(30)28-18-2-1-3-19(11-18)29(31)32/h1-11H,13H2,(H,28,30)/b16-8+. The smallest absolute Gasteiger partial charge is 0.271 e. The van der Waals surface area contributed by atoms with Crippen LogP contribution in [0.1, 0.15) is 11.1 Å². The van der Waals surface area contributed by atoms with Gasteiger partial charge in [0.2, 0.25) is 0 Å². The number of carbonyl (C=O) groups is 1. The molecule has 0 spiro atoms. The van der Waals surface area contributed by atoms with E-state index in [1.807, 2.05) is 24.3 Å². The summed E-state index contributed by atoms with van der Waals surface area (Å²) in [4.78, 5) is 22.8. The van der Waals surface area contributed by atoms with Crippen molar-refractivity contribution in [2.24, 2.45) is 0 Å². The van der Waals surface area contributed by atoms with Crippen LogP contribution < -0.4 is 10.1 Å². The zero-order valence-electron chi connectivity index (χ0n) is 16.7. The number of nitro benzene ring substituents is 1. The minimum atomic E-state index is -0.735. The lowest BCUT2D eigenvalue weighted by molar-refractivity contribution is -0.384. The van der Waals surface area contributed by atoms with E-state index < -0.39 is 10.8 Å². The molecule has 0 aliphatic carbocycles. The van der Waals surface area contributed by atoms with Gasteiger partial charge in [-0.05, 0) is 47.5 Å². The highest BCUT2D eigenvalue weighted by molar-refractivity contribution is 9.10. The Kier molecular flexibility index (Phi) is 8.06. The molecule has 10 heteroatoms. The summed E-state index contributed by atoms with van der Waals surface area (Å²) < 4.78 is 6.68. The first kappa shape index (κ1) is 24.3. The number of benzene rings is 3. The van der Waals surface area contributed by atoms with Crippen molar-refractivity contribution in [3.8, 4) is 11.8 Å². The van der Waals surface area contributed by atoms with E-state index >= 15 is 0 Å². The summed E-state index contributed by atoms with van der Waals surface area (Å²) in [5.74, 6) is -0.459. The van der Waals surface area contributed by atoms with E-state index in [0.717, 1.165) is 10.0 Å². The maximum Gasteiger partial charge on any atom is 0.271 e. The number of rotatable bonds is 7. The van der Waals surface area contributed by atoms with E-state index in [0.29, 0.717) is 5.56 Å². The van der Waals surface area contributed by atoms with Crippen molar-refractivity contribution < 1.29 is 14.5 Å². The number of anilines is 1. The minimum Gasteiger partial charge on any atom is -0.486 e. The molecule has 3 aromatic carbocycles. The summed E-state index contributed by atoms with van der Waals surface area (Å²) >= 11 is 16.0. The van der Waals surface area contributed by atoms with Crippen molar-refractivity contribution in [2.75, 3.05) is 5.32 Å². The fraction of sp³-hybridized carbons (Fsp3) is 0.0435. The number of halogens is 3. The Labute approximate surface area is 207 Å². The highest BCUT2D eigenvalue weighted by atomic mass is 79.9. The quantitative estimate of drug-likeness (QED) is 0.152. The summed E-state index contributed by atoms with van der Waals surface area (Å²) in [6.07, 6.45) is 1.31. The number of nitro groups is 1. The van der Waals surface area contributed by atoms with E-state index in [4.69, 9.17) is 27.9 Å². The number of ether oxygens (including phenoxy) is 1. The Morgan fingerprint density at radius 3 is 2.42 bits per heavy atom. The molecule has 0 saturated carbocycles. The minimum absolute atomic E-state index is 0.183. The van der Waals surface area contributed by atoms with Crippen LogP contribution in [0.2, 0.25) is 10.0 Å². The number of nitrogens with one attached hydrogen (secondary N) is 1. The number of carbonyl (C=O) groups excluding carboxylic acids is 1. The summed E-state index contributed by atoms with van der Waals surface area (Å²) in [6.45, 7) is 0.247. The van der Waals surface area contributed by atoms with Crippen LogP contribution in [0.5, 0.6) is 5.75 Å². The molecule has 3 aromatic rings. The lowest BCUT2D eigenvalue weighted by Crippen LogP contribution is -2.13. The third-order valence-electron chi connectivity index (χ3n) is 4.31. The molecule has 0 heterocycles. The molecule has 0 fully saturated rings. The molecule has 0 aliphatic heterocycles. The second-order valence-electron chi connectivity index (χ2n) is 6.66. The van der Waals surface area contributed by atoms with Crippen LogP contribution in [0.3, 0.4) is 0 Å². The van der Waals surface area contributed by atoms with Gasteiger partial charge in [0.1, 0.15) is 18.2 Å². The van der Waals surface area contributed by atoms with Gasteiger partial charge in [0.05, 0.1) is 15.0 Å². The maximum atomic E-state index is 12.5. The fourth-order valence-electron chi connectivity index (χ4n) is 2.75. The van der Waals surface area contributed by atoms with Gasteiger partial charge in [-0.3, -0.25) is 14.9 Å². The van der Waals surface area contributed by atoms with Gasteiger partial charge in [-0.1, -0.05) is 57.3 Å². The average molecular weight is 547 g/mol. The molecule has 0 bridgehead atoms. The van der Waals surface area contributed by atoms with E-state index in [1.165, 1.54) is 42.5 Å². The lowest BCUT2D eigenvalue weighted by Gasteiger charge is -2.11. The highest BCUT2D eigenvalue weighted by Crippen LogP contribution is 2.35. The van der Waals surface area contributed by atoms with Gasteiger partial charge in [-0.15, -0.1) is 0 Å². The molecule has 0 radical (unpaired) electrons. The van der Waals surface area contributed by atoms with Crippen LogP contribution in [0.4, 0.5) is 11.4 Å². The van der Waals surface area contributed by atoms with E-state index in [-0.39, 0.29) is 39.3 Å². The molecule has 0 unspecified atom stereocenters. The Bertz CT molecular complexity index is 1260. The lowest BCUT2D eigenvalue weighted by atomic mass is 10.1. The zero-order valence-corrected chi connectivity index (χ0v) is 19.8.